The van der Waals surface area contributed by atoms with E-state index < -0.39 is 17.8 Å². The molecule has 9 heteroatoms. The molecule has 0 saturated carbocycles. The number of carbonyl (C=O) groups excluding carboxylic acids is 3. The van der Waals surface area contributed by atoms with Gasteiger partial charge in [0.05, 0.1) is 5.69 Å². The summed E-state index contributed by atoms with van der Waals surface area (Å²) in [4.78, 5) is 42.8. The molecule has 1 aliphatic heterocycles. The van der Waals surface area contributed by atoms with Crippen LogP contribution in [0.2, 0.25) is 0 Å². The second kappa shape index (κ2) is 6.12. The molecule has 0 aromatic carbocycles. The number of imide groups is 1. The Hall–Kier alpha value is -2.19. The second-order valence-corrected chi connectivity index (χ2v) is 3.53. The summed E-state index contributed by atoms with van der Waals surface area (Å²) in [5.74, 6) is 3.26. The van der Waals surface area contributed by atoms with Crippen molar-refractivity contribution >= 4 is 35.9 Å². The zero-order valence-corrected chi connectivity index (χ0v) is 10.5. The van der Waals surface area contributed by atoms with Crippen molar-refractivity contribution < 1.29 is 19.2 Å². The van der Waals surface area contributed by atoms with Gasteiger partial charge in [0, 0.05) is 25.2 Å². The van der Waals surface area contributed by atoms with Crippen molar-refractivity contribution in [3.8, 4) is 0 Å². The van der Waals surface area contributed by atoms with Crippen molar-refractivity contribution in [3.63, 3.8) is 0 Å². The molecular weight excluding hydrogens is 276 g/mol. The predicted molar refractivity (Wildman–Crippen MR) is 65.8 cm³/mol. The minimum atomic E-state index is -0.875. The molecule has 2 heterocycles. The van der Waals surface area contributed by atoms with Crippen LogP contribution in [0.4, 0.5) is 5.69 Å². The van der Waals surface area contributed by atoms with E-state index in [2.05, 4.69) is 10.4 Å². The highest BCUT2D eigenvalue weighted by atomic mass is 35.5. The third-order valence-electron chi connectivity index (χ3n) is 2.38. The lowest BCUT2D eigenvalue weighted by molar-refractivity contribution is -0.172. The van der Waals surface area contributed by atoms with Gasteiger partial charge in [0.2, 0.25) is 0 Å². The van der Waals surface area contributed by atoms with Gasteiger partial charge in [-0.2, -0.15) is 0 Å². The number of hydrogen-bond acceptors (Lipinski definition) is 7. The monoisotopic (exact) mass is 286 g/mol. The number of hydroxylamine groups is 2. The van der Waals surface area contributed by atoms with Crippen LogP contribution in [-0.4, -0.2) is 27.8 Å². The van der Waals surface area contributed by atoms with E-state index in [-0.39, 0.29) is 36.5 Å². The predicted octanol–water partition coefficient (Wildman–Crippen LogP) is 0.00980. The van der Waals surface area contributed by atoms with E-state index in [1.54, 1.807) is 0 Å². The third-order valence-corrected chi connectivity index (χ3v) is 2.38. The Morgan fingerprint density at radius 3 is 2.58 bits per heavy atom. The average molecular weight is 287 g/mol. The van der Waals surface area contributed by atoms with Crippen LogP contribution in [0.5, 0.6) is 0 Å². The van der Waals surface area contributed by atoms with Crippen LogP contribution in [0.3, 0.4) is 0 Å². The molecule has 1 fully saturated rings. The number of carbonyl (C=O) groups is 3. The first-order valence-corrected chi connectivity index (χ1v) is 5.12. The molecule has 0 radical (unpaired) electrons. The van der Waals surface area contributed by atoms with Gasteiger partial charge in [-0.15, -0.1) is 17.5 Å². The van der Waals surface area contributed by atoms with Crippen LogP contribution >= 0.6 is 12.4 Å². The maximum atomic E-state index is 11.8. The van der Waals surface area contributed by atoms with Crippen molar-refractivity contribution in [2.45, 2.75) is 12.8 Å². The Morgan fingerprint density at radius 2 is 2.00 bits per heavy atom. The number of anilines is 1. The Bertz CT molecular complexity index is 506. The first-order valence-electron chi connectivity index (χ1n) is 5.12. The number of nitrogens with one attached hydrogen (secondary N) is 1. The molecule has 1 aliphatic rings. The smallest absolute Gasteiger partial charge is 0.325 e. The van der Waals surface area contributed by atoms with E-state index in [0.29, 0.717) is 5.06 Å². The number of aromatic nitrogens is 1. The number of amides is 2. The zero-order valence-electron chi connectivity index (χ0n) is 9.66. The fourth-order valence-corrected chi connectivity index (χ4v) is 1.47. The Kier molecular flexibility index (Phi) is 4.79. The van der Waals surface area contributed by atoms with E-state index in [0.717, 1.165) is 0 Å². The highest BCUT2D eigenvalue weighted by Crippen LogP contribution is 2.17. The lowest BCUT2D eigenvalue weighted by Gasteiger charge is -2.13. The second-order valence-electron chi connectivity index (χ2n) is 3.53. The van der Waals surface area contributed by atoms with Gasteiger partial charge in [-0.25, -0.2) is 4.79 Å². The molecule has 8 nitrogen and oxygen atoms in total. The van der Waals surface area contributed by atoms with E-state index in [1.165, 1.54) is 18.5 Å². The highest BCUT2D eigenvalue weighted by Gasteiger charge is 2.33. The Morgan fingerprint density at radius 1 is 1.37 bits per heavy atom. The van der Waals surface area contributed by atoms with Gasteiger partial charge in [0.25, 0.3) is 11.8 Å². The maximum Gasteiger partial charge on any atom is 0.367 e. The summed E-state index contributed by atoms with van der Waals surface area (Å²) in [5, 5.41) is 0.468. The number of nitrogens with zero attached hydrogens (tertiary/aromatic N) is 2. The van der Waals surface area contributed by atoms with Crippen molar-refractivity contribution in [1.29, 1.82) is 0 Å². The molecule has 1 aromatic rings. The summed E-state index contributed by atoms with van der Waals surface area (Å²) in [6.45, 7) is 0. The van der Waals surface area contributed by atoms with Crippen LogP contribution in [0.25, 0.3) is 0 Å². The maximum absolute atomic E-state index is 11.8. The lowest BCUT2D eigenvalue weighted by atomic mass is 10.2. The number of hydrazine groups is 1. The molecule has 2 amide bonds. The van der Waals surface area contributed by atoms with Crippen LogP contribution in [-0.2, 0) is 14.4 Å². The topological polar surface area (TPSA) is 115 Å². The van der Waals surface area contributed by atoms with Crippen molar-refractivity contribution in [2.24, 2.45) is 5.84 Å². The molecule has 0 unspecified atom stereocenters. The van der Waals surface area contributed by atoms with Crippen LogP contribution < -0.4 is 11.3 Å². The van der Waals surface area contributed by atoms with Gasteiger partial charge < -0.3 is 10.3 Å². The summed E-state index contributed by atoms with van der Waals surface area (Å²) in [7, 11) is 0. The van der Waals surface area contributed by atoms with Gasteiger partial charge in [-0.05, 0) is 6.07 Å². The van der Waals surface area contributed by atoms with E-state index in [9.17, 15) is 14.4 Å². The van der Waals surface area contributed by atoms with Crippen molar-refractivity contribution in [3.05, 3.63) is 24.0 Å². The zero-order chi connectivity index (χ0) is 13.1. The van der Waals surface area contributed by atoms with Gasteiger partial charge in [0.1, 0.15) is 5.56 Å². The number of rotatable bonds is 3. The number of halogens is 1. The average Bonchev–Trinajstić information content (AvgIpc) is 2.70. The molecule has 19 heavy (non-hydrogen) atoms. The van der Waals surface area contributed by atoms with Gasteiger partial charge in [0.15, 0.2) is 0 Å². The summed E-state index contributed by atoms with van der Waals surface area (Å²) >= 11 is 0. The van der Waals surface area contributed by atoms with E-state index in [1.807, 2.05) is 0 Å². The van der Waals surface area contributed by atoms with E-state index >= 15 is 0 Å². The Balaban J connectivity index is 0.00000180. The first-order chi connectivity index (χ1) is 8.63. The van der Waals surface area contributed by atoms with Crippen LogP contribution in [0.1, 0.15) is 23.2 Å². The molecule has 3 N–H and O–H groups in total. The van der Waals surface area contributed by atoms with Crippen LogP contribution in [0, 0.1) is 0 Å². The van der Waals surface area contributed by atoms with Gasteiger partial charge >= 0.3 is 5.97 Å². The number of nitrogens with two attached hydrogens (primary N) is 1. The highest BCUT2D eigenvalue weighted by molar-refractivity contribution is 6.03. The normalized spacial score (nSPS) is 14.1. The minimum Gasteiger partial charge on any atom is -0.325 e. The standard InChI is InChI=1S/C10H10N4O4.ClH/c11-13-7-3-4-12-5-6(7)10(17)18-14-8(15)1-2-9(14)16;/h3-5H,1-2,11H2,(H,12,13);1H. The number of nitrogen functional groups attached to an aromatic ring is 1. The molecule has 2 rings (SSSR count). The third kappa shape index (κ3) is 2.98. The molecule has 0 bridgehead atoms. The number of hydrogen-bond donors (Lipinski definition) is 2. The fourth-order valence-electron chi connectivity index (χ4n) is 1.47. The summed E-state index contributed by atoms with van der Waals surface area (Å²) < 4.78 is 0. The molecule has 0 atom stereocenters. The van der Waals surface area contributed by atoms with Crippen LogP contribution in [0.15, 0.2) is 18.5 Å². The number of pyridine rings is 1. The summed E-state index contributed by atoms with van der Waals surface area (Å²) in [5.41, 5.74) is 2.62. The van der Waals surface area contributed by atoms with Gasteiger partial charge in [-0.3, -0.25) is 20.4 Å². The first kappa shape index (κ1) is 14.9. The molecule has 0 aliphatic carbocycles. The van der Waals surface area contributed by atoms with E-state index in [4.69, 9.17) is 10.7 Å². The fraction of sp³-hybridized carbons (Fsp3) is 0.200. The van der Waals surface area contributed by atoms with Gasteiger partial charge in [-0.1, -0.05) is 0 Å². The molecular formula is C10H11ClN4O4. The quantitative estimate of drug-likeness (QED) is 0.457. The molecule has 1 aromatic heterocycles. The summed E-state index contributed by atoms with van der Waals surface area (Å²) in [6.07, 6.45) is 2.74. The largest absolute Gasteiger partial charge is 0.367 e. The van der Waals surface area contributed by atoms with Crippen molar-refractivity contribution in [2.75, 3.05) is 5.43 Å². The lowest BCUT2D eigenvalue weighted by Crippen LogP contribution is -2.32. The molecule has 0 spiro atoms. The SMILES string of the molecule is Cl.NNc1ccncc1C(=O)ON1C(=O)CCC1=O. The van der Waals surface area contributed by atoms with Crippen molar-refractivity contribution in [1.82, 2.24) is 10.0 Å². The Labute approximate surface area is 114 Å². The summed E-state index contributed by atoms with van der Waals surface area (Å²) in [6, 6.07) is 1.46. The molecule has 102 valence electrons. The molecule has 1 saturated heterocycles. The minimum absolute atomic E-state index is 0.